The minimum absolute atomic E-state index is 0.145. The van der Waals surface area contributed by atoms with E-state index < -0.39 is 42.4 Å². The Hall–Kier alpha value is -1.94. The third kappa shape index (κ3) is 4.32. The second kappa shape index (κ2) is 7.97. The lowest BCUT2D eigenvalue weighted by Gasteiger charge is -2.27. The van der Waals surface area contributed by atoms with Crippen LogP contribution in [-0.4, -0.2) is 44.2 Å². The van der Waals surface area contributed by atoms with Crippen LogP contribution in [0.5, 0.6) is 5.75 Å². The molecule has 3 rings (SSSR count). The van der Waals surface area contributed by atoms with Gasteiger partial charge in [0.2, 0.25) is 11.8 Å². The van der Waals surface area contributed by atoms with Crippen LogP contribution in [0.15, 0.2) is 52.2 Å². The third-order valence-electron chi connectivity index (χ3n) is 4.13. The first kappa shape index (κ1) is 19.8. The van der Waals surface area contributed by atoms with Crippen molar-refractivity contribution >= 4 is 19.0 Å². The maximum absolute atomic E-state index is 12.0. The zero-order valence-corrected chi connectivity index (χ0v) is 15.9. The van der Waals surface area contributed by atoms with Crippen LogP contribution in [0.4, 0.5) is 0 Å². The molecule has 5 atom stereocenters. The number of hydrogen-bond donors (Lipinski definition) is 3. The van der Waals surface area contributed by atoms with Crippen molar-refractivity contribution in [2.75, 3.05) is 6.61 Å². The smallest absolute Gasteiger partial charge is 0.387 e. The van der Waals surface area contributed by atoms with Crippen LogP contribution in [0.25, 0.3) is 0 Å². The van der Waals surface area contributed by atoms with Crippen molar-refractivity contribution in [3.63, 3.8) is 0 Å². The fourth-order valence-corrected chi connectivity index (χ4v) is 3.77. The Labute approximate surface area is 159 Å². The largest absolute Gasteiger partial charge is 0.573 e. The van der Waals surface area contributed by atoms with Gasteiger partial charge >= 0.3 is 12.8 Å². The number of hydrogen-bond acceptors (Lipinski definition) is 8. The zero-order chi connectivity index (χ0) is 19.6. The lowest BCUT2D eigenvalue weighted by atomic mass is 9.96. The Morgan fingerprint density at radius 1 is 1.33 bits per heavy atom. The molecule has 2 aromatic rings. The quantitative estimate of drug-likeness (QED) is 0.582. The van der Waals surface area contributed by atoms with E-state index >= 15 is 0 Å². The molecule has 9 nitrogen and oxygen atoms in total. The molecule has 1 aromatic carbocycles. The second-order valence-corrected chi connectivity index (χ2v) is 7.92. The highest BCUT2D eigenvalue weighted by Crippen LogP contribution is 2.38. The predicted molar refractivity (Wildman–Crippen MR) is 99.2 cm³/mol. The fraction of sp³-hybridized carbons (Fsp3) is 0.375. The number of H-pyrrole nitrogens is 1. The number of aromatic amines is 1. The average Bonchev–Trinajstić information content (AvgIpc) is 2.84. The first-order valence-electron chi connectivity index (χ1n) is 7.99. The van der Waals surface area contributed by atoms with Gasteiger partial charge in [-0.25, -0.2) is 4.79 Å². The summed E-state index contributed by atoms with van der Waals surface area (Å²) in [5.41, 5.74) is -3.13. The van der Waals surface area contributed by atoms with Crippen molar-refractivity contribution in [1.29, 1.82) is 0 Å². The standard InChI is InChI=1S/C16H17N2O7PS/c1-16(22)13(20)11(9-23-26(27)25-10-5-3-2-4-6-10)24-14(16)18-8-7-12(19)17-15(18)21/h2-8,11,13-14,20,22H,9H2,1H3/p+1/t11?,13-,14?,16-/m1/s1. The summed E-state index contributed by atoms with van der Waals surface area (Å²) in [6, 6.07) is 10.0. The van der Waals surface area contributed by atoms with Crippen molar-refractivity contribution in [3.05, 3.63) is 63.4 Å². The number of benzene rings is 1. The van der Waals surface area contributed by atoms with Crippen molar-refractivity contribution in [1.82, 2.24) is 9.55 Å². The normalized spacial score (nSPS) is 28.1. The van der Waals surface area contributed by atoms with Crippen LogP contribution in [0.1, 0.15) is 13.2 Å². The molecule has 1 aromatic heterocycles. The van der Waals surface area contributed by atoms with E-state index in [1.165, 1.54) is 13.1 Å². The number of rotatable bonds is 6. The maximum atomic E-state index is 12.0. The molecule has 1 aliphatic rings. The summed E-state index contributed by atoms with van der Waals surface area (Å²) in [5.74, 6) is 0.552. The lowest BCUT2D eigenvalue weighted by molar-refractivity contribution is -0.0983. The van der Waals surface area contributed by atoms with Crippen LogP contribution >= 0.6 is 7.15 Å². The molecule has 1 fully saturated rings. The molecule has 2 heterocycles. The minimum atomic E-state index is -1.79. The summed E-state index contributed by atoms with van der Waals surface area (Å²) in [4.78, 5) is 25.3. The number of para-hydroxylation sites is 1. The van der Waals surface area contributed by atoms with Crippen LogP contribution in [0, 0.1) is 0 Å². The van der Waals surface area contributed by atoms with E-state index in [4.69, 9.17) is 25.6 Å². The van der Waals surface area contributed by atoms with Gasteiger partial charge in [0.05, 0.1) is 0 Å². The highest BCUT2D eigenvalue weighted by atomic mass is 32.4. The van der Waals surface area contributed by atoms with Crippen molar-refractivity contribution < 1.29 is 24.0 Å². The number of aliphatic hydroxyl groups is 2. The molecule has 27 heavy (non-hydrogen) atoms. The van der Waals surface area contributed by atoms with Gasteiger partial charge in [0.1, 0.15) is 24.4 Å². The Bertz CT molecular complexity index is 930. The van der Waals surface area contributed by atoms with E-state index in [1.807, 2.05) is 6.07 Å². The second-order valence-electron chi connectivity index (χ2n) is 6.14. The molecule has 0 aliphatic carbocycles. The van der Waals surface area contributed by atoms with E-state index in [9.17, 15) is 19.8 Å². The lowest BCUT2D eigenvalue weighted by Crippen LogP contribution is -2.46. The van der Waals surface area contributed by atoms with E-state index in [2.05, 4.69) is 4.98 Å². The van der Waals surface area contributed by atoms with Gasteiger partial charge in [-0.2, -0.15) is 0 Å². The molecule has 144 valence electrons. The molecule has 3 unspecified atom stereocenters. The first-order chi connectivity index (χ1) is 12.8. The van der Waals surface area contributed by atoms with Gasteiger partial charge in [-0.1, -0.05) is 18.2 Å². The topological polar surface area (TPSA) is 123 Å². The number of nitrogens with one attached hydrogen (secondary N) is 1. The van der Waals surface area contributed by atoms with Gasteiger partial charge in [0.25, 0.3) is 5.56 Å². The van der Waals surface area contributed by atoms with Crippen molar-refractivity contribution in [2.24, 2.45) is 0 Å². The Morgan fingerprint density at radius 3 is 2.70 bits per heavy atom. The zero-order valence-electron chi connectivity index (χ0n) is 14.2. The monoisotopic (exact) mass is 413 g/mol. The number of nitrogens with zero attached hydrogens (tertiary/aromatic N) is 1. The van der Waals surface area contributed by atoms with Crippen LogP contribution in [-0.2, 0) is 21.1 Å². The third-order valence-corrected chi connectivity index (χ3v) is 5.39. The molecule has 0 saturated carbocycles. The Balaban J connectivity index is 1.68. The number of aliphatic hydroxyl groups excluding tert-OH is 1. The molecule has 0 spiro atoms. The predicted octanol–water partition coefficient (Wildman–Crippen LogP) is 0.415. The van der Waals surface area contributed by atoms with Crippen LogP contribution < -0.4 is 15.8 Å². The van der Waals surface area contributed by atoms with Crippen LogP contribution in [0.3, 0.4) is 0 Å². The van der Waals surface area contributed by atoms with Gasteiger partial charge < -0.3 is 14.9 Å². The van der Waals surface area contributed by atoms with E-state index in [0.717, 1.165) is 10.6 Å². The van der Waals surface area contributed by atoms with Gasteiger partial charge in [-0.05, 0) is 19.1 Å². The minimum Gasteiger partial charge on any atom is -0.387 e. The summed E-state index contributed by atoms with van der Waals surface area (Å²) in [5, 5.41) is 21.0. The van der Waals surface area contributed by atoms with Crippen molar-refractivity contribution in [2.45, 2.75) is 31.0 Å². The molecule has 0 amide bonds. The summed E-state index contributed by atoms with van der Waals surface area (Å²) >= 11 is 5.13. The number of ether oxygens (including phenoxy) is 1. The van der Waals surface area contributed by atoms with Gasteiger partial charge in [0, 0.05) is 12.3 Å². The molecule has 0 radical (unpaired) electrons. The highest BCUT2D eigenvalue weighted by molar-refractivity contribution is 8.00. The molecule has 0 bridgehead atoms. The van der Waals surface area contributed by atoms with Gasteiger partial charge in [0.15, 0.2) is 12.0 Å². The molecular formula is C16H18N2O7PS+. The SMILES string of the molecule is C[C@]1(O)C(n2ccc(=O)[nH]c2=O)OC(CO[P+](=S)Oc2ccccc2)[C@H]1O. The number of aromatic nitrogens is 2. The Morgan fingerprint density at radius 2 is 2.04 bits per heavy atom. The van der Waals surface area contributed by atoms with Crippen molar-refractivity contribution in [3.8, 4) is 5.75 Å². The molecule has 1 saturated heterocycles. The molecule has 3 N–H and O–H groups in total. The molecular weight excluding hydrogens is 395 g/mol. The fourth-order valence-electron chi connectivity index (χ4n) is 2.72. The summed E-state index contributed by atoms with van der Waals surface area (Å²) < 4.78 is 17.5. The summed E-state index contributed by atoms with van der Waals surface area (Å²) in [7, 11) is -1.71. The summed E-state index contributed by atoms with van der Waals surface area (Å²) in [6.45, 7) is 1.19. The van der Waals surface area contributed by atoms with E-state index in [0.29, 0.717) is 5.75 Å². The average molecular weight is 413 g/mol. The van der Waals surface area contributed by atoms with E-state index in [1.54, 1.807) is 24.3 Å². The Kier molecular flexibility index (Phi) is 5.85. The molecule has 11 heteroatoms. The van der Waals surface area contributed by atoms with E-state index in [-0.39, 0.29) is 6.61 Å². The van der Waals surface area contributed by atoms with Crippen LogP contribution in [0.2, 0.25) is 0 Å². The van der Waals surface area contributed by atoms with Gasteiger partial charge in [-0.3, -0.25) is 18.9 Å². The summed E-state index contributed by atoms with van der Waals surface area (Å²) in [6.07, 6.45) is -2.32. The molecule has 1 aliphatic heterocycles. The first-order valence-corrected chi connectivity index (χ1v) is 10.2. The highest BCUT2D eigenvalue weighted by Gasteiger charge is 2.54. The van der Waals surface area contributed by atoms with Gasteiger partial charge in [-0.15, -0.1) is 4.52 Å². The maximum Gasteiger partial charge on any atom is 0.573 e.